The average Bonchev–Trinajstić information content (AvgIpc) is 2.65. The molecule has 0 spiro atoms. The Kier molecular flexibility index (Phi) is 2.96. The number of aromatic nitrogens is 1. The van der Waals surface area contributed by atoms with E-state index in [1.165, 1.54) is 32.8 Å². The zero-order valence-corrected chi connectivity index (χ0v) is 15.8. The first kappa shape index (κ1) is 15.6. The van der Waals surface area contributed by atoms with Gasteiger partial charge in [-0.2, -0.15) is 0 Å². The molecule has 0 saturated carbocycles. The highest BCUT2D eigenvalue weighted by Gasteiger charge is 2.46. The van der Waals surface area contributed by atoms with E-state index in [2.05, 4.69) is 94.4 Å². The van der Waals surface area contributed by atoms with Crippen LogP contribution in [-0.2, 0) is 10.8 Å². The van der Waals surface area contributed by atoms with Crippen molar-refractivity contribution in [3.63, 3.8) is 0 Å². The first-order chi connectivity index (χ1) is 12.4. The SMILES string of the molecule is CC1(C)c2cc3ccccc3cc2-c2nc3ccccc3cc2C1(C)C. The first-order valence-corrected chi connectivity index (χ1v) is 9.33. The van der Waals surface area contributed by atoms with Crippen LogP contribution in [0.2, 0.25) is 0 Å². The molecule has 5 rings (SSSR count). The number of pyridine rings is 1. The third-order valence-corrected chi connectivity index (χ3v) is 6.77. The lowest BCUT2D eigenvalue weighted by atomic mass is 9.56. The molecule has 1 aromatic heterocycles. The van der Waals surface area contributed by atoms with Crippen LogP contribution in [0.4, 0.5) is 0 Å². The fourth-order valence-electron chi connectivity index (χ4n) is 4.42. The van der Waals surface area contributed by atoms with Crippen LogP contribution in [0.5, 0.6) is 0 Å². The molecule has 0 aliphatic heterocycles. The molecule has 0 N–H and O–H groups in total. The molecule has 1 heterocycles. The van der Waals surface area contributed by atoms with Crippen molar-refractivity contribution < 1.29 is 0 Å². The lowest BCUT2D eigenvalue weighted by molar-refractivity contribution is 0.298. The van der Waals surface area contributed by atoms with Crippen LogP contribution in [0.3, 0.4) is 0 Å². The summed E-state index contributed by atoms with van der Waals surface area (Å²) in [7, 11) is 0. The normalized spacial score (nSPS) is 17.1. The Bertz CT molecular complexity index is 1090. The lowest BCUT2D eigenvalue weighted by Gasteiger charge is -2.48. The van der Waals surface area contributed by atoms with Crippen molar-refractivity contribution in [3.8, 4) is 11.3 Å². The van der Waals surface area contributed by atoms with Crippen molar-refractivity contribution in [2.75, 3.05) is 0 Å². The quantitative estimate of drug-likeness (QED) is 0.351. The van der Waals surface area contributed by atoms with Gasteiger partial charge in [-0.1, -0.05) is 70.2 Å². The summed E-state index contributed by atoms with van der Waals surface area (Å²) in [6.07, 6.45) is 0. The van der Waals surface area contributed by atoms with E-state index in [1.807, 2.05) is 0 Å². The summed E-state index contributed by atoms with van der Waals surface area (Å²) in [6.45, 7) is 9.47. The van der Waals surface area contributed by atoms with Crippen LogP contribution >= 0.6 is 0 Å². The lowest BCUT2D eigenvalue weighted by Crippen LogP contribution is -2.43. The molecule has 0 radical (unpaired) electrons. The Morgan fingerprint density at radius 1 is 0.615 bits per heavy atom. The molecule has 128 valence electrons. The third kappa shape index (κ3) is 1.89. The highest BCUT2D eigenvalue weighted by Crippen LogP contribution is 2.54. The number of hydrogen-bond donors (Lipinski definition) is 0. The van der Waals surface area contributed by atoms with Crippen LogP contribution < -0.4 is 0 Å². The topological polar surface area (TPSA) is 12.9 Å². The van der Waals surface area contributed by atoms with Crippen molar-refractivity contribution in [3.05, 3.63) is 77.9 Å². The van der Waals surface area contributed by atoms with Crippen molar-refractivity contribution in [1.82, 2.24) is 4.98 Å². The summed E-state index contributed by atoms with van der Waals surface area (Å²) >= 11 is 0. The molecular weight excluding hydrogens is 314 g/mol. The van der Waals surface area contributed by atoms with Gasteiger partial charge in [0.2, 0.25) is 0 Å². The molecule has 4 aromatic rings. The minimum atomic E-state index is -0.00514. The number of fused-ring (bicyclic) bond motifs is 5. The van der Waals surface area contributed by atoms with E-state index in [1.54, 1.807) is 0 Å². The predicted octanol–water partition coefficient (Wildman–Crippen LogP) is 6.62. The van der Waals surface area contributed by atoms with Crippen LogP contribution in [0.1, 0.15) is 38.8 Å². The van der Waals surface area contributed by atoms with Crippen LogP contribution in [0.15, 0.2) is 66.7 Å². The van der Waals surface area contributed by atoms with Gasteiger partial charge in [0, 0.05) is 16.4 Å². The maximum Gasteiger partial charge on any atom is 0.0750 e. The molecule has 26 heavy (non-hydrogen) atoms. The van der Waals surface area contributed by atoms with Crippen LogP contribution in [-0.4, -0.2) is 4.98 Å². The van der Waals surface area contributed by atoms with E-state index < -0.39 is 0 Å². The summed E-state index contributed by atoms with van der Waals surface area (Å²) in [5, 5.41) is 3.81. The van der Waals surface area contributed by atoms with Gasteiger partial charge in [-0.05, 0) is 51.6 Å². The van der Waals surface area contributed by atoms with Gasteiger partial charge < -0.3 is 0 Å². The minimum absolute atomic E-state index is 0.00514. The summed E-state index contributed by atoms with van der Waals surface area (Å²) in [5.41, 5.74) is 6.27. The first-order valence-electron chi connectivity index (χ1n) is 9.33. The van der Waals surface area contributed by atoms with Gasteiger partial charge in [0.15, 0.2) is 0 Å². The predicted molar refractivity (Wildman–Crippen MR) is 111 cm³/mol. The number of rotatable bonds is 0. The Morgan fingerprint density at radius 2 is 1.15 bits per heavy atom. The third-order valence-electron chi connectivity index (χ3n) is 6.77. The van der Waals surface area contributed by atoms with Gasteiger partial charge in [0.05, 0.1) is 11.2 Å². The Hall–Kier alpha value is -2.67. The van der Waals surface area contributed by atoms with Crippen molar-refractivity contribution in [2.45, 2.75) is 38.5 Å². The summed E-state index contributed by atoms with van der Waals surface area (Å²) in [6, 6.07) is 24.2. The largest absolute Gasteiger partial charge is 0.247 e. The zero-order valence-electron chi connectivity index (χ0n) is 15.8. The molecule has 0 amide bonds. The monoisotopic (exact) mass is 337 g/mol. The summed E-state index contributed by atoms with van der Waals surface area (Å²) in [5.74, 6) is 0. The molecule has 0 unspecified atom stereocenters. The molecule has 0 atom stereocenters. The van der Waals surface area contributed by atoms with Gasteiger partial charge in [0.25, 0.3) is 0 Å². The Morgan fingerprint density at radius 3 is 1.88 bits per heavy atom. The molecule has 3 aromatic carbocycles. The fourth-order valence-corrected chi connectivity index (χ4v) is 4.42. The molecule has 0 fully saturated rings. The van der Waals surface area contributed by atoms with Gasteiger partial charge in [-0.25, -0.2) is 4.98 Å². The molecule has 1 aliphatic rings. The van der Waals surface area contributed by atoms with E-state index in [4.69, 9.17) is 4.98 Å². The van der Waals surface area contributed by atoms with E-state index in [0.717, 1.165) is 11.2 Å². The Balaban J connectivity index is 1.96. The smallest absolute Gasteiger partial charge is 0.0750 e. The zero-order chi connectivity index (χ0) is 18.1. The van der Waals surface area contributed by atoms with Gasteiger partial charge in [-0.15, -0.1) is 0 Å². The van der Waals surface area contributed by atoms with Crippen LogP contribution in [0.25, 0.3) is 32.9 Å². The molecule has 1 heteroatoms. The van der Waals surface area contributed by atoms with Crippen molar-refractivity contribution >= 4 is 21.7 Å². The highest BCUT2D eigenvalue weighted by molar-refractivity contribution is 5.93. The number of nitrogens with zero attached hydrogens (tertiary/aromatic N) is 1. The van der Waals surface area contributed by atoms with Crippen molar-refractivity contribution in [2.24, 2.45) is 0 Å². The molecule has 1 nitrogen and oxygen atoms in total. The molecule has 1 aliphatic carbocycles. The number of para-hydroxylation sites is 1. The summed E-state index contributed by atoms with van der Waals surface area (Å²) < 4.78 is 0. The second-order valence-corrected chi connectivity index (χ2v) is 8.57. The highest BCUT2D eigenvalue weighted by atomic mass is 14.7. The van der Waals surface area contributed by atoms with Crippen molar-refractivity contribution in [1.29, 1.82) is 0 Å². The fraction of sp³-hybridized carbons (Fsp3) is 0.240. The van der Waals surface area contributed by atoms with Gasteiger partial charge in [0.1, 0.15) is 0 Å². The molecule has 0 saturated heterocycles. The second kappa shape index (κ2) is 4.94. The maximum absolute atomic E-state index is 5.13. The Labute approximate surface area is 154 Å². The maximum atomic E-state index is 5.13. The summed E-state index contributed by atoms with van der Waals surface area (Å²) in [4.78, 5) is 5.13. The van der Waals surface area contributed by atoms with Crippen LogP contribution in [0, 0.1) is 0 Å². The van der Waals surface area contributed by atoms with E-state index >= 15 is 0 Å². The van der Waals surface area contributed by atoms with Gasteiger partial charge >= 0.3 is 0 Å². The molecule has 0 bridgehead atoms. The number of benzene rings is 3. The molecular formula is C25H23N. The van der Waals surface area contributed by atoms with Gasteiger partial charge in [-0.3, -0.25) is 0 Å². The van der Waals surface area contributed by atoms with E-state index in [-0.39, 0.29) is 10.8 Å². The second-order valence-electron chi connectivity index (χ2n) is 8.57. The van der Waals surface area contributed by atoms with E-state index in [9.17, 15) is 0 Å². The average molecular weight is 337 g/mol. The number of hydrogen-bond acceptors (Lipinski definition) is 1. The van der Waals surface area contributed by atoms with E-state index in [0.29, 0.717) is 0 Å². The minimum Gasteiger partial charge on any atom is -0.247 e. The standard InChI is InChI=1S/C25H23N/c1-24(2)20-14-17-10-6-5-9-16(17)13-19(20)23-21(25(24,3)4)15-18-11-7-8-12-22(18)26-23/h5-15H,1-4H3.